The molecule has 0 saturated heterocycles. The Hall–Kier alpha value is -1.66. The number of ether oxygens (including phenoxy) is 3. The Bertz CT molecular complexity index is 641. The molecule has 2 atom stereocenters. The fourth-order valence-corrected chi connectivity index (χ4v) is 4.63. The molecule has 0 heterocycles. The average molecular weight is 399 g/mol. The molecule has 2 saturated carbocycles. The molecule has 0 spiro atoms. The summed E-state index contributed by atoms with van der Waals surface area (Å²) < 4.78 is 16.2. The van der Waals surface area contributed by atoms with E-state index in [1.165, 1.54) is 6.42 Å². The van der Waals surface area contributed by atoms with Crippen molar-refractivity contribution < 1.29 is 19.0 Å². The number of carbonyl (C=O) groups excluding carboxylic acids is 1. The monoisotopic (exact) mass is 398 g/mol. The average Bonchev–Trinajstić information content (AvgIpc) is 2.64. The van der Waals surface area contributed by atoms with Gasteiger partial charge in [0.25, 0.3) is 0 Å². The first-order valence-corrected chi connectivity index (χ1v) is 9.40. The molecule has 1 aromatic rings. The van der Waals surface area contributed by atoms with Gasteiger partial charge in [-0.2, -0.15) is 0 Å². The van der Waals surface area contributed by atoms with Crippen molar-refractivity contribution in [1.82, 2.24) is 5.32 Å². The third-order valence-corrected chi connectivity index (χ3v) is 6.02. The van der Waals surface area contributed by atoms with Crippen LogP contribution in [-0.4, -0.2) is 33.3 Å². The summed E-state index contributed by atoms with van der Waals surface area (Å²) >= 11 is 0. The van der Waals surface area contributed by atoms with Gasteiger partial charge in [-0.25, -0.2) is 0 Å². The van der Waals surface area contributed by atoms with Crippen molar-refractivity contribution in [1.29, 1.82) is 0 Å². The van der Waals surface area contributed by atoms with E-state index in [4.69, 9.17) is 19.9 Å². The molecule has 7 heteroatoms. The molecule has 2 unspecified atom stereocenters. The Kier molecular flexibility index (Phi) is 7.62. The standard InChI is InChI=1S/C20H30N2O4.ClH/c1-24-16-8-7-14(18(25-2)19(16)26-3)11-22-20(23)15-9-12-5-4-6-13(10-15)17(12)21;/h7-8,12-13,15,17H,4-6,9-11,21H2,1-3H3,(H,22,23);1H. The Morgan fingerprint density at radius 1 is 1.07 bits per heavy atom. The van der Waals surface area contributed by atoms with Crippen molar-refractivity contribution >= 4 is 18.3 Å². The van der Waals surface area contributed by atoms with Gasteiger partial charge in [0.05, 0.1) is 21.3 Å². The molecule has 152 valence electrons. The molecular weight excluding hydrogens is 368 g/mol. The van der Waals surface area contributed by atoms with Gasteiger partial charge in [-0.3, -0.25) is 4.79 Å². The van der Waals surface area contributed by atoms with Crippen LogP contribution in [0.2, 0.25) is 0 Å². The van der Waals surface area contributed by atoms with E-state index in [1.807, 2.05) is 12.1 Å². The van der Waals surface area contributed by atoms with Gasteiger partial charge < -0.3 is 25.3 Å². The van der Waals surface area contributed by atoms with Crippen LogP contribution in [0.3, 0.4) is 0 Å². The summed E-state index contributed by atoms with van der Waals surface area (Å²) in [6.45, 7) is 0.403. The second-order valence-electron chi connectivity index (χ2n) is 7.41. The van der Waals surface area contributed by atoms with E-state index in [9.17, 15) is 4.79 Å². The molecule has 0 aliphatic heterocycles. The lowest BCUT2D eigenvalue weighted by Crippen LogP contribution is -2.49. The lowest BCUT2D eigenvalue weighted by atomic mass is 9.65. The van der Waals surface area contributed by atoms with Crippen molar-refractivity contribution in [3.63, 3.8) is 0 Å². The Balaban J connectivity index is 0.00000261. The van der Waals surface area contributed by atoms with E-state index >= 15 is 0 Å². The zero-order valence-electron chi connectivity index (χ0n) is 16.3. The van der Waals surface area contributed by atoms with Crippen LogP contribution in [-0.2, 0) is 11.3 Å². The molecule has 3 rings (SSSR count). The van der Waals surface area contributed by atoms with Gasteiger partial charge in [-0.1, -0.05) is 6.42 Å². The second kappa shape index (κ2) is 9.51. The van der Waals surface area contributed by atoms with E-state index < -0.39 is 0 Å². The van der Waals surface area contributed by atoms with Crippen molar-refractivity contribution in [2.75, 3.05) is 21.3 Å². The third kappa shape index (κ3) is 4.43. The number of amides is 1. The molecule has 3 N–H and O–H groups in total. The molecule has 6 nitrogen and oxygen atoms in total. The quantitative estimate of drug-likeness (QED) is 0.769. The molecule has 0 radical (unpaired) electrons. The smallest absolute Gasteiger partial charge is 0.223 e. The fourth-order valence-electron chi connectivity index (χ4n) is 4.63. The van der Waals surface area contributed by atoms with Crippen LogP contribution in [0.5, 0.6) is 17.2 Å². The maximum Gasteiger partial charge on any atom is 0.223 e. The molecule has 2 fully saturated rings. The molecule has 2 aliphatic rings. The Labute approximate surface area is 167 Å². The Morgan fingerprint density at radius 3 is 2.26 bits per heavy atom. The van der Waals surface area contributed by atoms with Crippen LogP contribution in [0.15, 0.2) is 12.1 Å². The first-order valence-electron chi connectivity index (χ1n) is 9.40. The molecule has 1 aromatic carbocycles. The minimum atomic E-state index is 0. The largest absolute Gasteiger partial charge is 0.493 e. The Morgan fingerprint density at radius 2 is 1.70 bits per heavy atom. The molecule has 27 heavy (non-hydrogen) atoms. The minimum absolute atomic E-state index is 0. The van der Waals surface area contributed by atoms with Crippen LogP contribution < -0.4 is 25.3 Å². The number of benzene rings is 1. The van der Waals surface area contributed by atoms with E-state index in [1.54, 1.807) is 21.3 Å². The lowest BCUT2D eigenvalue weighted by Gasteiger charge is -2.43. The summed E-state index contributed by atoms with van der Waals surface area (Å²) in [6, 6.07) is 4.00. The minimum Gasteiger partial charge on any atom is -0.493 e. The van der Waals surface area contributed by atoms with Crippen LogP contribution in [0, 0.1) is 17.8 Å². The third-order valence-electron chi connectivity index (χ3n) is 6.02. The van der Waals surface area contributed by atoms with Gasteiger partial charge >= 0.3 is 0 Å². The normalized spacial score (nSPS) is 26.5. The molecule has 2 aliphatic carbocycles. The summed E-state index contributed by atoms with van der Waals surface area (Å²) in [5.74, 6) is 2.91. The molecule has 1 amide bonds. The summed E-state index contributed by atoms with van der Waals surface area (Å²) in [6.07, 6.45) is 5.38. The predicted molar refractivity (Wildman–Crippen MR) is 107 cm³/mol. The van der Waals surface area contributed by atoms with Crippen LogP contribution in [0.25, 0.3) is 0 Å². The SMILES string of the molecule is COc1ccc(CNC(=O)C2CC3CCCC(C2)C3N)c(OC)c1OC.Cl. The van der Waals surface area contributed by atoms with E-state index in [-0.39, 0.29) is 30.3 Å². The molecule has 2 bridgehead atoms. The predicted octanol–water partition coefficient (Wildman–Crippen LogP) is 2.90. The van der Waals surface area contributed by atoms with Gasteiger partial charge in [0.15, 0.2) is 11.5 Å². The highest BCUT2D eigenvalue weighted by Gasteiger charge is 2.40. The number of nitrogens with one attached hydrogen (secondary N) is 1. The summed E-state index contributed by atoms with van der Waals surface area (Å²) in [4.78, 5) is 12.7. The summed E-state index contributed by atoms with van der Waals surface area (Å²) in [5.41, 5.74) is 7.20. The van der Waals surface area contributed by atoms with Crippen LogP contribution in [0.1, 0.15) is 37.7 Å². The second-order valence-corrected chi connectivity index (χ2v) is 7.41. The van der Waals surface area contributed by atoms with Crippen LogP contribution in [0.4, 0.5) is 0 Å². The first kappa shape index (κ1) is 21.6. The highest BCUT2D eigenvalue weighted by atomic mass is 35.5. The lowest BCUT2D eigenvalue weighted by molar-refractivity contribution is -0.128. The summed E-state index contributed by atoms with van der Waals surface area (Å²) in [7, 11) is 4.75. The van der Waals surface area contributed by atoms with Gasteiger partial charge in [0.2, 0.25) is 11.7 Å². The van der Waals surface area contributed by atoms with Crippen molar-refractivity contribution in [2.24, 2.45) is 23.5 Å². The fraction of sp³-hybridized carbons (Fsp3) is 0.650. The highest BCUT2D eigenvalue weighted by Crippen LogP contribution is 2.42. The number of halogens is 1. The van der Waals surface area contributed by atoms with Crippen molar-refractivity contribution in [3.8, 4) is 17.2 Å². The number of rotatable bonds is 6. The van der Waals surface area contributed by atoms with E-state index in [0.29, 0.717) is 35.6 Å². The highest BCUT2D eigenvalue weighted by molar-refractivity contribution is 5.85. The molecule has 0 aromatic heterocycles. The number of hydrogen-bond donors (Lipinski definition) is 2. The topological polar surface area (TPSA) is 82.8 Å². The summed E-state index contributed by atoms with van der Waals surface area (Å²) in [5, 5.41) is 3.08. The van der Waals surface area contributed by atoms with Crippen LogP contribution >= 0.6 is 12.4 Å². The molecular formula is C20H31ClN2O4. The number of carbonyl (C=O) groups is 1. The van der Waals surface area contributed by atoms with Crippen molar-refractivity contribution in [2.45, 2.75) is 44.7 Å². The van der Waals surface area contributed by atoms with E-state index in [0.717, 1.165) is 31.2 Å². The zero-order chi connectivity index (χ0) is 18.7. The van der Waals surface area contributed by atoms with Gasteiger partial charge in [-0.15, -0.1) is 12.4 Å². The van der Waals surface area contributed by atoms with Gasteiger partial charge in [0.1, 0.15) is 0 Å². The van der Waals surface area contributed by atoms with Gasteiger partial charge in [-0.05, 0) is 49.7 Å². The van der Waals surface area contributed by atoms with E-state index in [2.05, 4.69) is 5.32 Å². The number of nitrogens with two attached hydrogens (primary N) is 1. The maximum absolute atomic E-state index is 12.7. The van der Waals surface area contributed by atoms with Crippen molar-refractivity contribution in [3.05, 3.63) is 17.7 Å². The number of fused-ring (bicyclic) bond motifs is 2. The number of methoxy groups -OCH3 is 3. The maximum atomic E-state index is 12.7. The number of hydrogen-bond acceptors (Lipinski definition) is 5. The zero-order valence-corrected chi connectivity index (χ0v) is 17.1. The first-order chi connectivity index (χ1) is 12.6. The van der Waals surface area contributed by atoms with Gasteiger partial charge in [0, 0.05) is 24.1 Å².